The number of hydrogen-bond acceptors (Lipinski definition) is 3. The molecule has 2 atom stereocenters. The van der Waals surface area contributed by atoms with E-state index in [1.165, 1.54) is 37.8 Å². The lowest BCUT2D eigenvalue weighted by Gasteiger charge is -2.24. The van der Waals surface area contributed by atoms with E-state index in [-0.39, 0.29) is 5.69 Å². The van der Waals surface area contributed by atoms with E-state index in [0.29, 0.717) is 17.0 Å². The average molecular weight is 283 g/mol. The summed E-state index contributed by atoms with van der Waals surface area (Å²) in [7, 11) is 0. The zero-order valence-electron chi connectivity index (χ0n) is 11.1. The van der Waals surface area contributed by atoms with E-state index in [2.05, 4.69) is 12.2 Å². The van der Waals surface area contributed by atoms with Crippen LogP contribution in [0.4, 0.5) is 11.4 Å². The molecule has 1 aromatic rings. The van der Waals surface area contributed by atoms with Crippen molar-refractivity contribution in [3.63, 3.8) is 0 Å². The summed E-state index contributed by atoms with van der Waals surface area (Å²) in [6.07, 6.45) is 6.16. The van der Waals surface area contributed by atoms with Gasteiger partial charge < -0.3 is 5.32 Å². The second-order valence-electron chi connectivity index (χ2n) is 5.29. The van der Waals surface area contributed by atoms with Crippen LogP contribution < -0.4 is 5.32 Å². The monoisotopic (exact) mass is 282 g/mol. The highest BCUT2D eigenvalue weighted by Gasteiger charge is 2.21. The molecule has 1 N–H and O–H groups in total. The molecule has 2 unspecified atom stereocenters. The summed E-state index contributed by atoms with van der Waals surface area (Å²) in [5.74, 6) is 0.605. The molecule has 0 saturated heterocycles. The van der Waals surface area contributed by atoms with Crippen LogP contribution in [0.5, 0.6) is 0 Å². The molecule has 1 aliphatic carbocycles. The van der Waals surface area contributed by atoms with E-state index in [0.717, 1.165) is 12.1 Å². The molecule has 1 saturated carbocycles. The van der Waals surface area contributed by atoms with Crippen LogP contribution in [0.25, 0.3) is 0 Å². The van der Waals surface area contributed by atoms with Crippen LogP contribution in [0.2, 0.25) is 5.02 Å². The van der Waals surface area contributed by atoms with Gasteiger partial charge in [0, 0.05) is 18.2 Å². The summed E-state index contributed by atoms with van der Waals surface area (Å²) in [5.41, 5.74) is 0.829. The number of anilines is 1. The summed E-state index contributed by atoms with van der Waals surface area (Å²) in [5, 5.41) is 14.6. The van der Waals surface area contributed by atoms with Gasteiger partial charge in [-0.3, -0.25) is 10.1 Å². The Morgan fingerprint density at radius 1 is 1.32 bits per heavy atom. The van der Waals surface area contributed by atoms with E-state index in [1.807, 2.05) is 0 Å². The quantitative estimate of drug-likeness (QED) is 0.499. The number of halogens is 1. The van der Waals surface area contributed by atoms with Gasteiger partial charge in [-0.25, -0.2) is 0 Å². The van der Waals surface area contributed by atoms with Gasteiger partial charge in [-0.1, -0.05) is 37.8 Å². The predicted molar refractivity (Wildman–Crippen MR) is 77.8 cm³/mol. The van der Waals surface area contributed by atoms with Crippen molar-refractivity contribution in [2.24, 2.45) is 5.92 Å². The van der Waals surface area contributed by atoms with Crippen molar-refractivity contribution < 1.29 is 4.92 Å². The van der Waals surface area contributed by atoms with Crippen LogP contribution in [0, 0.1) is 16.0 Å². The van der Waals surface area contributed by atoms with Crippen LogP contribution in [0.1, 0.15) is 39.0 Å². The molecule has 5 heteroatoms. The molecule has 0 aliphatic heterocycles. The molecule has 19 heavy (non-hydrogen) atoms. The zero-order valence-corrected chi connectivity index (χ0v) is 11.8. The Hall–Kier alpha value is -1.29. The first-order chi connectivity index (χ1) is 9.08. The van der Waals surface area contributed by atoms with Crippen LogP contribution in [-0.4, -0.2) is 11.0 Å². The fourth-order valence-corrected chi connectivity index (χ4v) is 2.87. The van der Waals surface area contributed by atoms with Gasteiger partial charge in [-0.2, -0.15) is 0 Å². The van der Waals surface area contributed by atoms with E-state index in [1.54, 1.807) is 6.07 Å². The van der Waals surface area contributed by atoms with Gasteiger partial charge in [0.05, 0.1) is 15.6 Å². The standard InChI is InChI=1S/C14H19ClN2O2/c1-10-5-3-2-4-6-13(10)16-14-8-7-11(17(18)19)9-12(14)15/h7-10,13,16H,2-6H2,1H3. The van der Waals surface area contributed by atoms with Gasteiger partial charge in [-0.05, 0) is 24.8 Å². The maximum atomic E-state index is 10.7. The number of nitro groups is 1. The SMILES string of the molecule is CC1CCCCCC1Nc1ccc([N+](=O)[O-])cc1Cl. The molecular weight excluding hydrogens is 264 g/mol. The van der Waals surface area contributed by atoms with Crippen LogP contribution in [-0.2, 0) is 0 Å². The molecule has 0 amide bonds. The van der Waals surface area contributed by atoms with Gasteiger partial charge in [0.15, 0.2) is 0 Å². The molecule has 1 fully saturated rings. The number of nitrogens with one attached hydrogen (secondary N) is 1. The Kier molecular flexibility index (Phi) is 4.64. The molecule has 0 radical (unpaired) electrons. The second-order valence-corrected chi connectivity index (χ2v) is 5.69. The lowest BCUT2D eigenvalue weighted by Crippen LogP contribution is -2.26. The molecule has 1 aromatic carbocycles. The Morgan fingerprint density at radius 2 is 2.05 bits per heavy atom. The molecule has 104 valence electrons. The Morgan fingerprint density at radius 3 is 2.74 bits per heavy atom. The number of benzene rings is 1. The van der Waals surface area contributed by atoms with E-state index >= 15 is 0 Å². The van der Waals surface area contributed by atoms with Crippen molar-refractivity contribution >= 4 is 23.0 Å². The summed E-state index contributed by atoms with van der Waals surface area (Å²) < 4.78 is 0. The summed E-state index contributed by atoms with van der Waals surface area (Å²) in [6.45, 7) is 2.25. The fourth-order valence-electron chi connectivity index (χ4n) is 2.64. The van der Waals surface area contributed by atoms with Crippen LogP contribution in [0.3, 0.4) is 0 Å². The Balaban J connectivity index is 2.11. The minimum absolute atomic E-state index is 0.0319. The molecule has 0 spiro atoms. The first kappa shape index (κ1) is 14.1. The number of non-ortho nitro benzene ring substituents is 1. The lowest BCUT2D eigenvalue weighted by atomic mass is 9.96. The number of nitrogens with zero attached hydrogens (tertiary/aromatic N) is 1. The molecule has 0 aromatic heterocycles. The fraction of sp³-hybridized carbons (Fsp3) is 0.571. The predicted octanol–water partition coefficient (Wildman–Crippen LogP) is 4.63. The van der Waals surface area contributed by atoms with Gasteiger partial charge in [0.2, 0.25) is 0 Å². The molecule has 1 aliphatic rings. The van der Waals surface area contributed by atoms with Crippen molar-refractivity contribution in [2.45, 2.75) is 45.1 Å². The molecular formula is C14H19ClN2O2. The highest BCUT2D eigenvalue weighted by atomic mass is 35.5. The Bertz CT molecular complexity index is 465. The van der Waals surface area contributed by atoms with Crippen molar-refractivity contribution in [1.29, 1.82) is 0 Å². The lowest BCUT2D eigenvalue weighted by molar-refractivity contribution is -0.384. The summed E-state index contributed by atoms with van der Waals surface area (Å²) in [4.78, 5) is 10.3. The van der Waals surface area contributed by atoms with Gasteiger partial charge >= 0.3 is 0 Å². The third-order valence-corrected chi connectivity index (χ3v) is 4.18. The number of rotatable bonds is 3. The number of hydrogen-bond donors (Lipinski definition) is 1. The zero-order chi connectivity index (χ0) is 13.8. The summed E-state index contributed by atoms with van der Waals surface area (Å²) >= 11 is 6.11. The van der Waals surface area contributed by atoms with Gasteiger partial charge in [0.1, 0.15) is 0 Å². The van der Waals surface area contributed by atoms with Gasteiger partial charge in [0.25, 0.3) is 5.69 Å². The highest BCUT2D eigenvalue weighted by Crippen LogP contribution is 2.31. The van der Waals surface area contributed by atoms with E-state index in [9.17, 15) is 10.1 Å². The van der Waals surface area contributed by atoms with Crippen LogP contribution in [0.15, 0.2) is 18.2 Å². The second kappa shape index (κ2) is 6.24. The maximum absolute atomic E-state index is 10.7. The summed E-state index contributed by atoms with van der Waals surface area (Å²) in [6, 6.07) is 5.01. The molecule has 4 nitrogen and oxygen atoms in total. The third-order valence-electron chi connectivity index (χ3n) is 3.87. The van der Waals surface area contributed by atoms with E-state index < -0.39 is 4.92 Å². The first-order valence-electron chi connectivity index (χ1n) is 6.78. The number of nitro benzene ring substituents is 1. The molecule has 0 heterocycles. The molecule has 2 rings (SSSR count). The largest absolute Gasteiger partial charge is 0.381 e. The topological polar surface area (TPSA) is 55.2 Å². The minimum atomic E-state index is -0.427. The Labute approximate surface area is 118 Å². The minimum Gasteiger partial charge on any atom is -0.381 e. The van der Waals surface area contributed by atoms with Crippen molar-refractivity contribution in [3.8, 4) is 0 Å². The van der Waals surface area contributed by atoms with Crippen molar-refractivity contribution in [1.82, 2.24) is 0 Å². The molecule has 0 bridgehead atoms. The van der Waals surface area contributed by atoms with Crippen LogP contribution >= 0.6 is 11.6 Å². The highest BCUT2D eigenvalue weighted by molar-refractivity contribution is 6.33. The van der Waals surface area contributed by atoms with E-state index in [4.69, 9.17) is 11.6 Å². The van der Waals surface area contributed by atoms with Gasteiger partial charge in [-0.15, -0.1) is 0 Å². The van der Waals surface area contributed by atoms with Crippen molar-refractivity contribution in [2.75, 3.05) is 5.32 Å². The maximum Gasteiger partial charge on any atom is 0.271 e. The normalized spacial score (nSPS) is 23.7. The van der Waals surface area contributed by atoms with Crippen molar-refractivity contribution in [3.05, 3.63) is 33.3 Å². The first-order valence-corrected chi connectivity index (χ1v) is 7.16. The smallest absolute Gasteiger partial charge is 0.271 e. The average Bonchev–Trinajstić information content (AvgIpc) is 2.57. The third kappa shape index (κ3) is 3.60.